The van der Waals surface area contributed by atoms with Gasteiger partial charge in [-0.3, -0.25) is 4.79 Å². The molecule has 128 valence electrons. The van der Waals surface area contributed by atoms with Crippen LogP contribution in [0.25, 0.3) is 0 Å². The van der Waals surface area contributed by atoms with E-state index in [-0.39, 0.29) is 5.91 Å². The minimum atomic E-state index is -0.524. The number of hydrogen-bond donors (Lipinski definition) is 1. The Kier molecular flexibility index (Phi) is 7.99. The Balaban J connectivity index is 1.71. The molecule has 0 saturated carbocycles. The number of rotatable bonds is 9. The van der Waals surface area contributed by atoms with Crippen molar-refractivity contribution in [2.75, 3.05) is 12.3 Å². The molecule has 2 aromatic rings. The van der Waals surface area contributed by atoms with Gasteiger partial charge in [0.25, 0.3) is 5.91 Å². The normalized spacial score (nSPS) is 11.8. The summed E-state index contributed by atoms with van der Waals surface area (Å²) in [4.78, 5) is 12.2. The number of thioether (sulfide) groups is 1. The van der Waals surface area contributed by atoms with Crippen LogP contribution in [0.3, 0.4) is 0 Å². The van der Waals surface area contributed by atoms with Crippen molar-refractivity contribution in [3.63, 3.8) is 0 Å². The van der Waals surface area contributed by atoms with Gasteiger partial charge in [-0.25, -0.2) is 0 Å². The molecule has 0 aliphatic heterocycles. The second kappa shape index (κ2) is 10.3. The Morgan fingerprint density at radius 1 is 1.17 bits per heavy atom. The second-order valence-corrected chi connectivity index (χ2v) is 6.79. The van der Waals surface area contributed by atoms with Crippen molar-refractivity contribution in [1.29, 1.82) is 0 Å². The first-order valence-corrected chi connectivity index (χ1v) is 9.54. The van der Waals surface area contributed by atoms with Gasteiger partial charge in [-0.2, -0.15) is 11.8 Å². The van der Waals surface area contributed by atoms with E-state index in [2.05, 4.69) is 17.4 Å². The molecule has 0 fully saturated rings. The third kappa shape index (κ3) is 6.10. The van der Waals surface area contributed by atoms with E-state index in [1.165, 1.54) is 5.56 Å². The highest BCUT2D eigenvalue weighted by atomic mass is 35.5. The molecule has 1 N–H and O–H groups in total. The number of hydrogen-bond acceptors (Lipinski definition) is 3. The van der Waals surface area contributed by atoms with Crippen LogP contribution in [0, 0.1) is 0 Å². The fourth-order valence-corrected chi connectivity index (χ4v) is 3.14. The van der Waals surface area contributed by atoms with E-state index in [1.54, 1.807) is 23.9 Å². The number of nitrogens with one attached hydrogen (secondary N) is 1. The van der Waals surface area contributed by atoms with Crippen molar-refractivity contribution in [2.45, 2.75) is 25.2 Å². The molecule has 0 unspecified atom stereocenters. The molecule has 0 spiro atoms. The molecule has 0 aliphatic carbocycles. The largest absolute Gasteiger partial charge is 0.479 e. The zero-order chi connectivity index (χ0) is 17.2. The summed E-state index contributed by atoms with van der Waals surface area (Å²) < 4.78 is 5.73. The topological polar surface area (TPSA) is 38.3 Å². The lowest BCUT2D eigenvalue weighted by atomic mass is 10.2. The number of para-hydroxylation sites is 1. The van der Waals surface area contributed by atoms with Crippen molar-refractivity contribution < 1.29 is 9.53 Å². The van der Waals surface area contributed by atoms with E-state index in [4.69, 9.17) is 16.3 Å². The minimum Gasteiger partial charge on any atom is -0.479 e. The Morgan fingerprint density at radius 2 is 1.88 bits per heavy atom. The average Bonchev–Trinajstić information content (AvgIpc) is 2.61. The Bertz CT molecular complexity index is 636. The van der Waals surface area contributed by atoms with Crippen LogP contribution in [0.2, 0.25) is 5.02 Å². The van der Waals surface area contributed by atoms with E-state index in [0.717, 1.165) is 11.5 Å². The van der Waals surface area contributed by atoms with E-state index in [1.807, 2.05) is 37.3 Å². The number of amides is 1. The molecule has 0 saturated heterocycles. The van der Waals surface area contributed by atoms with Gasteiger partial charge in [-0.1, -0.05) is 61.0 Å². The summed E-state index contributed by atoms with van der Waals surface area (Å²) in [5.74, 6) is 2.25. The molecule has 3 nitrogen and oxygen atoms in total. The molecule has 0 bridgehead atoms. The van der Waals surface area contributed by atoms with Crippen LogP contribution in [-0.2, 0) is 10.5 Å². The first kappa shape index (κ1) is 18.7. The first-order chi connectivity index (χ1) is 11.7. The predicted octanol–water partition coefficient (Wildman–Crippen LogP) is 4.55. The number of halogens is 1. The van der Waals surface area contributed by atoms with Gasteiger partial charge in [-0.15, -0.1) is 0 Å². The number of carbonyl (C=O) groups is 1. The maximum atomic E-state index is 12.2. The predicted molar refractivity (Wildman–Crippen MR) is 102 cm³/mol. The molecule has 1 amide bonds. The van der Waals surface area contributed by atoms with Crippen molar-refractivity contribution in [3.05, 3.63) is 65.2 Å². The molecule has 2 aromatic carbocycles. The minimum absolute atomic E-state index is 0.0993. The summed E-state index contributed by atoms with van der Waals surface area (Å²) in [5.41, 5.74) is 1.29. The van der Waals surface area contributed by atoms with E-state index in [9.17, 15) is 4.79 Å². The van der Waals surface area contributed by atoms with Gasteiger partial charge in [0.15, 0.2) is 6.10 Å². The summed E-state index contributed by atoms with van der Waals surface area (Å²) in [5, 5.41) is 3.45. The molecular formula is C19H22ClNO2S. The van der Waals surface area contributed by atoms with Gasteiger partial charge >= 0.3 is 0 Å². The summed E-state index contributed by atoms with van der Waals surface area (Å²) in [7, 11) is 0. The highest BCUT2D eigenvalue weighted by molar-refractivity contribution is 7.98. The molecule has 2 rings (SSSR count). The van der Waals surface area contributed by atoms with Crippen molar-refractivity contribution in [1.82, 2.24) is 5.32 Å². The molecule has 0 aromatic heterocycles. The standard InChI is InChI=1S/C19H22ClNO2S/c1-2-17(23-18-11-7-6-10-16(18)20)19(22)21-12-13-24-14-15-8-4-3-5-9-15/h3-11,17H,2,12-14H2,1H3,(H,21,22)/t17-/m0/s1. The second-order valence-electron chi connectivity index (χ2n) is 5.27. The summed E-state index contributed by atoms with van der Waals surface area (Å²) in [6.07, 6.45) is 0.0674. The maximum absolute atomic E-state index is 12.2. The van der Waals surface area contributed by atoms with Gasteiger partial charge in [0.05, 0.1) is 5.02 Å². The quantitative estimate of drug-likeness (QED) is 0.664. The number of carbonyl (C=O) groups excluding carboxylic acids is 1. The van der Waals surface area contributed by atoms with Gasteiger partial charge in [-0.05, 0) is 24.1 Å². The van der Waals surface area contributed by atoms with Crippen LogP contribution >= 0.6 is 23.4 Å². The average molecular weight is 364 g/mol. The van der Waals surface area contributed by atoms with Crippen LogP contribution in [0.15, 0.2) is 54.6 Å². The summed E-state index contributed by atoms with van der Waals surface area (Å²) in [6, 6.07) is 17.5. The smallest absolute Gasteiger partial charge is 0.261 e. The molecule has 0 radical (unpaired) electrons. The molecule has 0 heterocycles. The molecule has 24 heavy (non-hydrogen) atoms. The van der Waals surface area contributed by atoms with Crippen LogP contribution in [0.4, 0.5) is 0 Å². The maximum Gasteiger partial charge on any atom is 0.261 e. The van der Waals surface area contributed by atoms with E-state index >= 15 is 0 Å². The van der Waals surface area contributed by atoms with Crippen LogP contribution < -0.4 is 10.1 Å². The van der Waals surface area contributed by atoms with Crippen LogP contribution in [0.5, 0.6) is 5.75 Å². The summed E-state index contributed by atoms with van der Waals surface area (Å²) in [6.45, 7) is 2.55. The van der Waals surface area contributed by atoms with Crippen LogP contribution in [-0.4, -0.2) is 24.3 Å². The van der Waals surface area contributed by atoms with Gasteiger partial charge < -0.3 is 10.1 Å². The third-order valence-corrected chi connectivity index (χ3v) is 4.77. The Morgan fingerprint density at radius 3 is 2.58 bits per heavy atom. The van der Waals surface area contributed by atoms with Gasteiger partial charge in [0.1, 0.15) is 5.75 Å². The molecule has 5 heteroatoms. The van der Waals surface area contributed by atoms with Gasteiger partial charge in [0, 0.05) is 18.1 Å². The monoisotopic (exact) mass is 363 g/mol. The zero-order valence-electron chi connectivity index (χ0n) is 13.7. The lowest BCUT2D eigenvalue weighted by Gasteiger charge is -2.18. The fraction of sp³-hybridized carbons (Fsp3) is 0.316. The molecule has 1 atom stereocenters. The lowest BCUT2D eigenvalue weighted by molar-refractivity contribution is -0.127. The van der Waals surface area contributed by atoms with Crippen molar-refractivity contribution in [3.8, 4) is 5.75 Å². The van der Waals surface area contributed by atoms with Crippen LogP contribution in [0.1, 0.15) is 18.9 Å². The fourth-order valence-electron chi connectivity index (χ4n) is 2.14. The SMILES string of the molecule is CC[C@H](Oc1ccccc1Cl)C(=O)NCCSCc1ccccc1. The number of ether oxygens (including phenoxy) is 1. The first-order valence-electron chi connectivity index (χ1n) is 8.01. The zero-order valence-corrected chi connectivity index (χ0v) is 15.3. The highest BCUT2D eigenvalue weighted by Gasteiger charge is 2.18. The third-order valence-electron chi connectivity index (χ3n) is 3.43. The van der Waals surface area contributed by atoms with E-state index in [0.29, 0.717) is 23.7 Å². The number of benzene rings is 2. The van der Waals surface area contributed by atoms with E-state index < -0.39 is 6.10 Å². The Labute approximate surface area is 152 Å². The molecule has 0 aliphatic rings. The summed E-state index contributed by atoms with van der Waals surface area (Å²) >= 11 is 7.87. The van der Waals surface area contributed by atoms with Crippen molar-refractivity contribution in [2.24, 2.45) is 0 Å². The Hall–Kier alpha value is -1.65. The lowest BCUT2D eigenvalue weighted by Crippen LogP contribution is -2.39. The van der Waals surface area contributed by atoms with Crippen molar-refractivity contribution >= 4 is 29.3 Å². The molecular weight excluding hydrogens is 342 g/mol. The highest BCUT2D eigenvalue weighted by Crippen LogP contribution is 2.24. The van der Waals surface area contributed by atoms with Gasteiger partial charge in [0.2, 0.25) is 0 Å².